The Morgan fingerprint density at radius 3 is 2.43 bits per heavy atom. The van der Waals surface area contributed by atoms with Crippen LogP contribution in [-0.2, 0) is 0 Å². The maximum atomic E-state index is 12.3. The Morgan fingerprint density at radius 1 is 1.10 bits per heavy atom. The number of hydrogen-bond acceptors (Lipinski definition) is 6. The lowest BCUT2D eigenvalue weighted by Crippen LogP contribution is -2.43. The highest BCUT2D eigenvalue weighted by Gasteiger charge is 2.33. The van der Waals surface area contributed by atoms with E-state index in [-0.39, 0.29) is 23.0 Å². The van der Waals surface area contributed by atoms with Crippen molar-refractivity contribution in [1.29, 1.82) is 5.41 Å². The molecule has 0 amide bonds. The van der Waals surface area contributed by atoms with Crippen LogP contribution in [0.2, 0.25) is 0 Å². The highest BCUT2D eigenvalue weighted by Crippen LogP contribution is 2.38. The van der Waals surface area contributed by atoms with Gasteiger partial charge in [-0.2, -0.15) is 0 Å². The van der Waals surface area contributed by atoms with Crippen molar-refractivity contribution in [3.63, 3.8) is 0 Å². The van der Waals surface area contributed by atoms with Gasteiger partial charge in [-0.3, -0.25) is 14.6 Å². The van der Waals surface area contributed by atoms with Crippen molar-refractivity contribution in [3.8, 4) is 11.5 Å². The molecular formula is C22H24N4O3S. The number of para-hydroxylation sites is 1. The summed E-state index contributed by atoms with van der Waals surface area (Å²) in [7, 11) is 0. The van der Waals surface area contributed by atoms with Crippen molar-refractivity contribution >= 4 is 28.1 Å². The summed E-state index contributed by atoms with van der Waals surface area (Å²) in [6, 6.07) is 16.8. The molecule has 7 nitrogen and oxygen atoms in total. The lowest BCUT2D eigenvalue weighted by atomic mass is 9.91. The number of H-pyrrole nitrogens is 1. The highest BCUT2D eigenvalue weighted by molar-refractivity contribution is 7.10. The zero-order valence-corrected chi connectivity index (χ0v) is 17.2. The summed E-state index contributed by atoms with van der Waals surface area (Å²) in [6.45, 7) is 0. The second kappa shape index (κ2) is 8.73. The van der Waals surface area contributed by atoms with Crippen molar-refractivity contribution in [2.45, 2.75) is 37.8 Å². The molecule has 8 heteroatoms. The maximum Gasteiger partial charge on any atom is 0.271 e. The Labute approximate surface area is 178 Å². The van der Waals surface area contributed by atoms with Gasteiger partial charge in [0.15, 0.2) is 0 Å². The smallest absolute Gasteiger partial charge is 0.271 e. The number of nitrogen functional groups attached to an aromatic ring is 1. The number of anilines is 2. The Balaban J connectivity index is 1.71. The first-order chi connectivity index (χ1) is 14.5. The number of rotatable bonds is 6. The number of aromatic amines is 1. The van der Waals surface area contributed by atoms with E-state index in [1.165, 1.54) is 0 Å². The van der Waals surface area contributed by atoms with E-state index in [1.807, 2.05) is 59.5 Å². The minimum atomic E-state index is -0.531. The summed E-state index contributed by atoms with van der Waals surface area (Å²) in [6.07, 6.45) is 2.91. The first-order valence-electron chi connectivity index (χ1n) is 9.90. The second-order valence-corrected chi connectivity index (χ2v) is 8.12. The number of benzene rings is 2. The molecule has 0 radical (unpaired) electrons. The minimum Gasteiger partial charge on any atom is -0.457 e. The maximum absolute atomic E-state index is 12.3. The molecule has 1 aromatic heterocycles. The molecule has 1 aliphatic carbocycles. The van der Waals surface area contributed by atoms with Crippen LogP contribution in [0.15, 0.2) is 59.4 Å². The van der Waals surface area contributed by atoms with E-state index in [2.05, 4.69) is 4.37 Å². The molecule has 3 aromatic rings. The molecular weight excluding hydrogens is 400 g/mol. The highest BCUT2D eigenvalue weighted by atomic mass is 32.1. The first-order valence-corrected chi connectivity index (χ1v) is 10.7. The van der Waals surface area contributed by atoms with Crippen molar-refractivity contribution in [2.75, 3.05) is 4.90 Å². The topological polar surface area (TPSA) is 115 Å². The van der Waals surface area contributed by atoms with Crippen LogP contribution in [0.25, 0.3) is 0 Å². The normalized spacial score (nSPS) is 18.7. The van der Waals surface area contributed by atoms with Crippen LogP contribution in [0.1, 0.15) is 31.2 Å². The van der Waals surface area contributed by atoms with E-state index in [9.17, 15) is 9.90 Å². The SMILES string of the molecule is N=C(N)c1c(N(c2ccc(Oc3ccccc3)cc2)[C@@H]2CCCC[C@H]2O)s[nH]c1=O. The summed E-state index contributed by atoms with van der Waals surface area (Å²) in [4.78, 5) is 14.2. The third-order valence-electron chi connectivity index (χ3n) is 5.29. The lowest BCUT2D eigenvalue weighted by molar-refractivity contribution is 0.108. The van der Waals surface area contributed by atoms with Crippen LogP contribution >= 0.6 is 11.5 Å². The van der Waals surface area contributed by atoms with Crippen LogP contribution < -0.4 is 20.9 Å². The van der Waals surface area contributed by atoms with E-state index in [1.54, 1.807) is 0 Å². The second-order valence-electron chi connectivity index (χ2n) is 7.33. The van der Waals surface area contributed by atoms with Crippen LogP contribution in [0, 0.1) is 5.41 Å². The standard InChI is InChI=1S/C22H24N4O3S/c23-20(24)19-21(28)25-30-22(19)26(17-8-4-5-9-18(17)27)14-10-12-16(13-11-14)29-15-6-2-1-3-7-15/h1-3,6-7,10-13,17-18,27H,4-5,8-9H2,(H3,23,24)(H,25,28)/t17-,18-/m1/s1. The van der Waals surface area contributed by atoms with Crippen molar-refractivity contribution < 1.29 is 9.84 Å². The molecule has 2 atom stereocenters. The molecule has 0 saturated heterocycles. The van der Waals surface area contributed by atoms with E-state index in [0.717, 1.165) is 42.2 Å². The van der Waals surface area contributed by atoms with Gasteiger partial charge in [-0.1, -0.05) is 31.0 Å². The van der Waals surface area contributed by atoms with Gasteiger partial charge in [0.05, 0.1) is 12.1 Å². The van der Waals surface area contributed by atoms with Crippen molar-refractivity contribution in [3.05, 3.63) is 70.5 Å². The monoisotopic (exact) mass is 424 g/mol. The predicted octanol–water partition coefficient (Wildman–Crippen LogP) is 3.95. The summed E-state index contributed by atoms with van der Waals surface area (Å²) in [5, 5.41) is 19.1. The molecule has 4 rings (SSSR count). The number of aliphatic hydroxyl groups is 1. The third kappa shape index (κ3) is 4.10. The lowest BCUT2D eigenvalue weighted by Gasteiger charge is -2.38. The molecule has 0 bridgehead atoms. The molecule has 0 unspecified atom stereocenters. The van der Waals surface area contributed by atoms with E-state index in [4.69, 9.17) is 15.9 Å². The van der Waals surface area contributed by atoms with Crippen LogP contribution in [0.4, 0.5) is 10.7 Å². The number of hydrogen-bond donors (Lipinski definition) is 4. The Hall–Kier alpha value is -3.10. The number of nitrogens with one attached hydrogen (secondary N) is 2. The van der Waals surface area contributed by atoms with Gasteiger partial charge < -0.3 is 20.5 Å². The van der Waals surface area contributed by atoms with Gasteiger partial charge in [-0.05, 0) is 60.8 Å². The molecule has 1 aliphatic rings. The molecule has 156 valence electrons. The van der Waals surface area contributed by atoms with Gasteiger partial charge in [0, 0.05) is 5.69 Å². The van der Waals surface area contributed by atoms with E-state index < -0.39 is 6.10 Å². The van der Waals surface area contributed by atoms with Gasteiger partial charge >= 0.3 is 0 Å². The number of aliphatic hydroxyl groups excluding tert-OH is 1. The molecule has 1 fully saturated rings. The molecule has 0 spiro atoms. The summed E-state index contributed by atoms with van der Waals surface area (Å²) < 4.78 is 8.56. The quantitative estimate of drug-likeness (QED) is 0.353. The van der Waals surface area contributed by atoms with E-state index >= 15 is 0 Å². The largest absolute Gasteiger partial charge is 0.457 e. The molecule has 30 heavy (non-hydrogen) atoms. The fourth-order valence-corrected chi connectivity index (χ4v) is 4.79. The van der Waals surface area contributed by atoms with Crippen LogP contribution in [0.3, 0.4) is 0 Å². The predicted molar refractivity (Wildman–Crippen MR) is 119 cm³/mol. The zero-order valence-electron chi connectivity index (χ0n) is 16.4. The van der Waals surface area contributed by atoms with Gasteiger partial charge in [0.2, 0.25) is 0 Å². The summed E-state index contributed by atoms with van der Waals surface area (Å²) in [5.41, 5.74) is 6.27. The molecule has 1 saturated carbocycles. The van der Waals surface area contributed by atoms with Gasteiger partial charge in [-0.25, -0.2) is 0 Å². The Bertz CT molecular complexity index is 1060. The molecule has 5 N–H and O–H groups in total. The van der Waals surface area contributed by atoms with Gasteiger partial charge in [0.1, 0.15) is 27.9 Å². The van der Waals surface area contributed by atoms with Crippen LogP contribution in [-0.4, -0.2) is 27.5 Å². The van der Waals surface area contributed by atoms with E-state index in [0.29, 0.717) is 17.2 Å². The van der Waals surface area contributed by atoms with Crippen molar-refractivity contribution in [1.82, 2.24) is 4.37 Å². The van der Waals surface area contributed by atoms with Gasteiger partial charge in [0.25, 0.3) is 5.56 Å². The number of ether oxygens (including phenoxy) is 1. The first kappa shape index (κ1) is 20.2. The minimum absolute atomic E-state index is 0.141. The van der Waals surface area contributed by atoms with Crippen LogP contribution in [0.5, 0.6) is 11.5 Å². The molecule has 0 aliphatic heterocycles. The molecule has 1 heterocycles. The van der Waals surface area contributed by atoms with Gasteiger partial charge in [-0.15, -0.1) is 0 Å². The fourth-order valence-electron chi connectivity index (χ4n) is 3.85. The molecule has 2 aromatic carbocycles. The summed E-state index contributed by atoms with van der Waals surface area (Å²) in [5.74, 6) is 1.14. The Morgan fingerprint density at radius 2 is 1.77 bits per heavy atom. The number of nitrogens with two attached hydrogens (primary N) is 1. The number of aromatic nitrogens is 1. The average Bonchev–Trinajstić information content (AvgIpc) is 3.13. The number of nitrogens with zero attached hydrogens (tertiary/aromatic N) is 1. The average molecular weight is 425 g/mol. The Kier molecular flexibility index (Phi) is 5.87. The van der Waals surface area contributed by atoms with Crippen molar-refractivity contribution in [2.24, 2.45) is 5.73 Å². The number of amidine groups is 1. The fraction of sp³-hybridized carbons (Fsp3) is 0.273. The third-order valence-corrected chi connectivity index (χ3v) is 6.17. The summed E-state index contributed by atoms with van der Waals surface area (Å²) >= 11 is 1.14. The zero-order chi connectivity index (χ0) is 21.1.